The Bertz CT molecular complexity index is 261. The Kier molecular flexibility index (Phi) is 4.22. The number of rotatable bonds is 7. The molecule has 1 heteroatoms. The van der Waals surface area contributed by atoms with Crippen LogP contribution in [0.4, 0.5) is 0 Å². The van der Waals surface area contributed by atoms with Crippen molar-refractivity contribution < 1.29 is 0 Å². The maximum absolute atomic E-state index is 3.74. The van der Waals surface area contributed by atoms with Crippen LogP contribution in [0.15, 0.2) is 0 Å². The third kappa shape index (κ3) is 2.73. The fourth-order valence-electron chi connectivity index (χ4n) is 6.14. The van der Waals surface area contributed by atoms with E-state index >= 15 is 0 Å². The molecular formula is C18H33N. The Morgan fingerprint density at radius 3 is 2.00 bits per heavy atom. The van der Waals surface area contributed by atoms with Crippen LogP contribution in [0.3, 0.4) is 0 Å². The highest BCUT2D eigenvalue weighted by Crippen LogP contribution is 2.61. The zero-order valence-corrected chi connectivity index (χ0v) is 13.1. The lowest BCUT2D eigenvalue weighted by Crippen LogP contribution is -2.55. The van der Waals surface area contributed by atoms with Crippen molar-refractivity contribution in [2.45, 2.75) is 83.6 Å². The summed E-state index contributed by atoms with van der Waals surface area (Å²) < 4.78 is 0. The molecule has 1 unspecified atom stereocenters. The maximum atomic E-state index is 3.74. The molecule has 0 aromatic heterocycles. The molecule has 0 saturated heterocycles. The van der Waals surface area contributed by atoms with Gasteiger partial charge in [-0.05, 0) is 75.2 Å². The van der Waals surface area contributed by atoms with Crippen LogP contribution >= 0.6 is 0 Å². The quantitative estimate of drug-likeness (QED) is 0.653. The van der Waals surface area contributed by atoms with Gasteiger partial charge >= 0.3 is 0 Å². The number of unbranched alkanes of at least 4 members (excludes halogenated alkanes) is 3. The minimum Gasteiger partial charge on any atom is -0.316 e. The van der Waals surface area contributed by atoms with Crippen LogP contribution in [-0.4, -0.2) is 13.1 Å². The summed E-state index contributed by atoms with van der Waals surface area (Å²) in [6.45, 7) is 2.31. The molecule has 1 nitrogen and oxygen atoms in total. The highest BCUT2D eigenvalue weighted by Gasteiger charge is 2.53. The van der Waals surface area contributed by atoms with Crippen LogP contribution in [-0.2, 0) is 0 Å². The standard InChI is InChI=1S/C18H33N/c1-3-4-5-6-7-17(19-2)18-11-14-8-15(12-18)10-16(9-14)13-18/h14-17,19H,3-13H2,1-2H3. The zero-order chi connectivity index (χ0) is 13.3. The average Bonchev–Trinajstić information content (AvgIpc) is 2.37. The number of hydrogen-bond acceptors (Lipinski definition) is 1. The lowest BCUT2D eigenvalue weighted by Gasteiger charge is -2.59. The first-order valence-electron chi connectivity index (χ1n) is 8.93. The van der Waals surface area contributed by atoms with Gasteiger partial charge in [0, 0.05) is 6.04 Å². The van der Waals surface area contributed by atoms with Crippen molar-refractivity contribution >= 4 is 0 Å². The third-order valence-corrected chi connectivity index (χ3v) is 6.52. The van der Waals surface area contributed by atoms with Crippen LogP contribution in [0.1, 0.15) is 77.6 Å². The molecule has 0 amide bonds. The Labute approximate surface area is 119 Å². The molecule has 0 aliphatic heterocycles. The predicted molar refractivity (Wildman–Crippen MR) is 82.2 cm³/mol. The summed E-state index contributed by atoms with van der Waals surface area (Å²) in [4.78, 5) is 0. The summed E-state index contributed by atoms with van der Waals surface area (Å²) in [5, 5.41) is 3.74. The van der Waals surface area contributed by atoms with E-state index in [0.29, 0.717) is 5.41 Å². The SMILES string of the molecule is CCCCCCC(NC)C12CC3CC(CC(C3)C1)C2. The molecule has 110 valence electrons. The molecule has 4 aliphatic rings. The molecule has 4 bridgehead atoms. The fourth-order valence-corrected chi connectivity index (χ4v) is 6.14. The zero-order valence-electron chi connectivity index (χ0n) is 13.1. The van der Waals surface area contributed by atoms with Crippen LogP contribution in [0.2, 0.25) is 0 Å². The van der Waals surface area contributed by atoms with Crippen molar-refractivity contribution in [3.8, 4) is 0 Å². The first-order valence-corrected chi connectivity index (χ1v) is 8.93. The lowest BCUT2D eigenvalue weighted by atomic mass is 9.47. The highest BCUT2D eigenvalue weighted by molar-refractivity contribution is 5.05. The first-order chi connectivity index (χ1) is 9.25. The van der Waals surface area contributed by atoms with Gasteiger partial charge in [0.25, 0.3) is 0 Å². The molecule has 4 rings (SSSR count). The Morgan fingerprint density at radius 1 is 0.947 bits per heavy atom. The second-order valence-corrected chi connectivity index (χ2v) is 7.97. The Balaban J connectivity index is 1.62. The van der Waals surface area contributed by atoms with Crippen molar-refractivity contribution in [1.82, 2.24) is 5.32 Å². The molecular weight excluding hydrogens is 230 g/mol. The topological polar surface area (TPSA) is 12.0 Å². The molecule has 4 saturated carbocycles. The number of hydrogen-bond donors (Lipinski definition) is 1. The Morgan fingerprint density at radius 2 is 1.53 bits per heavy atom. The van der Waals surface area contributed by atoms with E-state index in [-0.39, 0.29) is 0 Å². The van der Waals surface area contributed by atoms with Crippen molar-refractivity contribution in [2.75, 3.05) is 7.05 Å². The third-order valence-electron chi connectivity index (χ3n) is 6.52. The fraction of sp³-hybridized carbons (Fsp3) is 1.00. The van der Waals surface area contributed by atoms with Gasteiger partial charge in [-0.25, -0.2) is 0 Å². The van der Waals surface area contributed by atoms with Crippen molar-refractivity contribution in [2.24, 2.45) is 23.2 Å². The second kappa shape index (κ2) is 5.76. The molecule has 1 N–H and O–H groups in total. The smallest absolute Gasteiger partial charge is 0.0121 e. The van der Waals surface area contributed by atoms with Gasteiger partial charge < -0.3 is 5.32 Å². The van der Waals surface area contributed by atoms with E-state index in [2.05, 4.69) is 19.3 Å². The van der Waals surface area contributed by atoms with E-state index in [4.69, 9.17) is 0 Å². The van der Waals surface area contributed by atoms with Crippen LogP contribution in [0, 0.1) is 23.2 Å². The average molecular weight is 263 g/mol. The van der Waals surface area contributed by atoms with E-state index < -0.39 is 0 Å². The van der Waals surface area contributed by atoms with Gasteiger partial charge in [0.15, 0.2) is 0 Å². The maximum Gasteiger partial charge on any atom is 0.0121 e. The van der Waals surface area contributed by atoms with Gasteiger partial charge in [-0.2, -0.15) is 0 Å². The molecule has 0 heterocycles. The normalized spacial score (nSPS) is 41.7. The largest absolute Gasteiger partial charge is 0.316 e. The summed E-state index contributed by atoms with van der Waals surface area (Å²) >= 11 is 0. The molecule has 0 aromatic rings. The highest BCUT2D eigenvalue weighted by atomic mass is 14.9. The van der Waals surface area contributed by atoms with Gasteiger partial charge in [0.1, 0.15) is 0 Å². The van der Waals surface area contributed by atoms with Crippen LogP contribution < -0.4 is 5.32 Å². The second-order valence-electron chi connectivity index (χ2n) is 7.97. The molecule has 4 aliphatic carbocycles. The predicted octanol–water partition coefficient (Wildman–Crippen LogP) is 4.76. The van der Waals surface area contributed by atoms with Gasteiger partial charge in [-0.15, -0.1) is 0 Å². The van der Waals surface area contributed by atoms with Gasteiger partial charge in [0.05, 0.1) is 0 Å². The first kappa shape index (κ1) is 13.9. The molecule has 19 heavy (non-hydrogen) atoms. The molecule has 0 spiro atoms. The molecule has 0 radical (unpaired) electrons. The summed E-state index contributed by atoms with van der Waals surface area (Å²) in [6.07, 6.45) is 16.5. The molecule has 4 fully saturated rings. The van der Waals surface area contributed by atoms with Crippen molar-refractivity contribution in [3.63, 3.8) is 0 Å². The van der Waals surface area contributed by atoms with Crippen molar-refractivity contribution in [3.05, 3.63) is 0 Å². The molecule has 1 atom stereocenters. The summed E-state index contributed by atoms with van der Waals surface area (Å²) in [5.74, 6) is 3.29. The Hall–Kier alpha value is -0.0400. The van der Waals surface area contributed by atoms with Gasteiger partial charge in [-0.1, -0.05) is 32.6 Å². The monoisotopic (exact) mass is 263 g/mol. The van der Waals surface area contributed by atoms with Crippen LogP contribution in [0.5, 0.6) is 0 Å². The summed E-state index contributed by atoms with van der Waals surface area (Å²) in [7, 11) is 2.23. The summed E-state index contributed by atoms with van der Waals surface area (Å²) in [5.41, 5.74) is 0.704. The van der Waals surface area contributed by atoms with Crippen molar-refractivity contribution in [1.29, 1.82) is 0 Å². The van der Waals surface area contributed by atoms with E-state index in [0.717, 1.165) is 23.8 Å². The number of nitrogens with one attached hydrogen (secondary N) is 1. The van der Waals surface area contributed by atoms with Gasteiger partial charge in [0.2, 0.25) is 0 Å². The van der Waals surface area contributed by atoms with E-state index in [1.165, 1.54) is 32.1 Å². The molecule has 0 aromatic carbocycles. The minimum atomic E-state index is 0.704. The van der Waals surface area contributed by atoms with Crippen LogP contribution in [0.25, 0.3) is 0 Å². The summed E-state index contributed by atoms with van der Waals surface area (Å²) in [6, 6.07) is 0.817. The van der Waals surface area contributed by atoms with E-state index in [9.17, 15) is 0 Å². The van der Waals surface area contributed by atoms with E-state index in [1.807, 2.05) is 0 Å². The van der Waals surface area contributed by atoms with Gasteiger partial charge in [-0.3, -0.25) is 0 Å². The van der Waals surface area contributed by atoms with E-state index in [1.54, 1.807) is 38.5 Å². The lowest BCUT2D eigenvalue weighted by molar-refractivity contribution is -0.0742. The minimum absolute atomic E-state index is 0.704.